The number of carbonyl (C=O) groups is 2. The molecule has 0 spiro atoms. The van der Waals surface area contributed by atoms with E-state index in [2.05, 4.69) is 15.3 Å². The van der Waals surface area contributed by atoms with Crippen LogP contribution in [0, 0.1) is 0 Å². The van der Waals surface area contributed by atoms with Crippen LogP contribution in [-0.4, -0.2) is 53.4 Å². The molecule has 1 aromatic rings. The van der Waals surface area contributed by atoms with Crippen molar-refractivity contribution >= 4 is 21.7 Å². The lowest BCUT2D eigenvalue weighted by Crippen LogP contribution is -2.30. The van der Waals surface area contributed by atoms with Gasteiger partial charge in [0.2, 0.25) is 0 Å². The first-order chi connectivity index (χ1) is 8.37. The van der Waals surface area contributed by atoms with E-state index >= 15 is 0 Å². The molecular formula is C9H13N3O5S. The van der Waals surface area contributed by atoms with Crippen LogP contribution in [0.2, 0.25) is 0 Å². The number of nitrogens with one attached hydrogen (secondary N) is 2. The van der Waals surface area contributed by atoms with Crippen molar-refractivity contribution in [3.8, 4) is 0 Å². The number of sulfone groups is 1. The van der Waals surface area contributed by atoms with Crippen molar-refractivity contribution in [3.05, 3.63) is 17.7 Å². The van der Waals surface area contributed by atoms with E-state index in [-0.39, 0.29) is 29.4 Å². The van der Waals surface area contributed by atoms with Gasteiger partial charge in [0, 0.05) is 12.3 Å². The molecule has 1 aromatic heterocycles. The number of nitrogens with zero attached hydrogens (tertiary/aromatic N) is 1. The Hall–Kier alpha value is -1.90. The van der Waals surface area contributed by atoms with Gasteiger partial charge in [0.1, 0.15) is 0 Å². The Morgan fingerprint density at radius 2 is 2.17 bits per heavy atom. The first-order valence-electron chi connectivity index (χ1n) is 5.12. The van der Waals surface area contributed by atoms with Crippen LogP contribution in [0.15, 0.2) is 6.33 Å². The fourth-order valence-electron chi connectivity index (χ4n) is 1.18. The van der Waals surface area contributed by atoms with Gasteiger partial charge in [0.05, 0.1) is 12.1 Å². The molecule has 18 heavy (non-hydrogen) atoms. The number of aromatic nitrogens is 2. The van der Waals surface area contributed by atoms with E-state index in [0.29, 0.717) is 0 Å². The highest BCUT2D eigenvalue weighted by Crippen LogP contribution is 2.02. The Kier molecular flexibility index (Phi) is 4.43. The summed E-state index contributed by atoms with van der Waals surface area (Å²) in [6.45, 7) is 1.42. The second kappa shape index (κ2) is 5.63. The highest BCUT2D eigenvalue weighted by molar-refractivity contribution is 7.91. The molecule has 0 aromatic carbocycles. The zero-order valence-corrected chi connectivity index (χ0v) is 10.5. The Bertz CT molecular complexity index is 548. The van der Waals surface area contributed by atoms with Crippen LogP contribution < -0.4 is 5.32 Å². The van der Waals surface area contributed by atoms with Crippen molar-refractivity contribution in [2.45, 2.75) is 6.92 Å². The van der Waals surface area contributed by atoms with Crippen molar-refractivity contribution in [3.63, 3.8) is 0 Å². The van der Waals surface area contributed by atoms with E-state index in [1.807, 2.05) is 0 Å². The van der Waals surface area contributed by atoms with Gasteiger partial charge in [-0.3, -0.25) is 4.79 Å². The van der Waals surface area contributed by atoms with Gasteiger partial charge in [0.25, 0.3) is 5.91 Å². The van der Waals surface area contributed by atoms with Gasteiger partial charge in [-0.1, -0.05) is 6.92 Å². The van der Waals surface area contributed by atoms with Crippen LogP contribution in [-0.2, 0) is 9.84 Å². The topological polar surface area (TPSA) is 129 Å². The molecule has 0 fully saturated rings. The summed E-state index contributed by atoms with van der Waals surface area (Å²) in [5.74, 6) is -2.23. The molecule has 0 saturated heterocycles. The number of imidazole rings is 1. The highest BCUT2D eigenvalue weighted by atomic mass is 32.2. The van der Waals surface area contributed by atoms with E-state index in [1.165, 1.54) is 6.92 Å². The lowest BCUT2D eigenvalue weighted by atomic mass is 10.3. The Balaban J connectivity index is 2.61. The van der Waals surface area contributed by atoms with Gasteiger partial charge in [-0.25, -0.2) is 18.2 Å². The normalized spacial score (nSPS) is 11.2. The SMILES string of the molecule is CCS(=O)(=O)CCNC(=O)c1nc[nH]c1C(=O)O. The van der Waals surface area contributed by atoms with Crippen LogP contribution in [0.5, 0.6) is 0 Å². The number of amides is 1. The first kappa shape index (κ1) is 14.2. The van der Waals surface area contributed by atoms with Gasteiger partial charge in [0.15, 0.2) is 21.2 Å². The summed E-state index contributed by atoms with van der Waals surface area (Å²) in [7, 11) is -3.17. The smallest absolute Gasteiger partial charge is 0.354 e. The third kappa shape index (κ3) is 3.55. The molecule has 1 rings (SSSR count). The number of hydrogen-bond acceptors (Lipinski definition) is 5. The van der Waals surface area contributed by atoms with E-state index in [1.54, 1.807) is 0 Å². The number of aromatic amines is 1. The van der Waals surface area contributed by atoms with E-state index in [9.17, 15) is 18.0 Å². The fourth-order valence-corrected chi connectivity index (χ4v) is 1.88. The maximum Gasteiger partial charge on any atom is 0.354 e. The van der Waals surface area contributed by atoms with Crippen molar-refractivity contribution in [2.75, 3.05) is 18.1 Å². The molecule has 8 nitrogen and oxygen atoms in total. The lowest BCUT2D eigenvalue weighted by molar-refractivity contribution is 0.0685. The van der Waals surface area contributed by atoms with Gasteiger partial charge >= 0.3 is 5.97 Å². The fraction of sp³-hybridized carbons (Fsp3) is 0.444. The van der Waals surface area contributed by atoms with Gasteiger partial charge in [-0.05, 0) is 0 Å². The molecule has 0 unspecified atom stereocenters. The van der Waals surface area contributed by atoms with Crippen molar-refractivity contribution in [1.29, 1.82) is 0 Å². The molecule has 0 radical (unpaired) electrons. The number of H-pyrrole nitrogens is 1. The summed E-state index contributed by atoms with van der Waals surface area (Å²) in [6, 6.07) is 0. The van der Waals surface area contributed by atoms with Crippen LogP contribution in [0.4, 0.5) is 0 Å². The van der Waals surface area contributed by atoms with Gasteiger partial charge < -0.3 is 15.4 Å². The van der Waals surface area contributed by atoms with Gasteiger partial charge in [-0.15, -0.1) is 0 Å². The van der Waals surface area contributed by atoms with E-state index in [0.717, 1.165) is 6.33 Å². The number of hydrogen-bond donors (Lipinski definition) is 3. The number of carbonyl (C=O) groups excluding carboxylic acids is 1. The minimum atomic E-state index is -3.17. The molecule has 0 atom stereocenters. The molecule has 1 heterocycles. The van der Waals surface area contributed by atoms with Crippen LogP contribution in [0.3, 0.4) is 0 Å². The van der Waals surface area contributed by atoms with E-state index < -0.39 is 21.7 Å². The van der Waals surface area contributed by atoms with Crippen LogP contribution in [0.25, 0.3) is 0 Å². The van der Waals surface area contributed by atoms with Gasteiger partial charge in [-0.2, -0.15) is 0 Å². The number of rotatable bonds is 6. The summed E-state index contributed by atoms with van der Waals surface area (Å²) < 4.78 is 22.4. The van der Waals surface area contributed by atoms with Crippen molar-refractivity contribution < 1.29 is 23.1 Å². The zero-order chi connectivity index (χ0) is 13.8. The molecular weight excluding hydrogens is 262 g/mol. The maximum atomic E-state index is 11.6. The first-order valence-corrected chi connectivity index (χ1v) is 6.95. The minimum absolute atomic E-state index is 0.00828. The second-order valence-corrected chi connectivity index (χ2v) is 5.90. The third-order valence-corrected chi connectivity index (χ3v) is 3.91. The van der Waals surface area contributed by atoms with Crippen molar-refractivity contribution in [1.82, 2.24) is 15.3 Å². The average molecular weight is 275 g/mol. The summed E-state index contributed by atoms with van der Waals surface area (Å²) in [4.78, 5) is 28.2. The Morgan fingerprint density at radius 3 is 2.72 bits per heavy atom. The second-order valence-electron chi connectivity index (χ2n) is 3.42. The maximum absolute atomic E-state index is 11.6. The minimum Gasteiger partial charge on any atom is -0.477 e. The molecule has 0 bridgehead atoms. The quantitative estimate of drug-likeness (QED) is 0.627. The predicted molar refractivity (Wildman–Crippen MR) is 62.2 cm³/mol. The lowest BCUT2D eigenvalue weighted by Gasteiger charge is -2.03. The Morgan fingerprint density at radius 1 is 1.50 bits per heavy atom. The average Bonchev–Trinajstić information content (AvgIpc) is 2.77. The summed E-state index contributed by atoms with van der Waals surface area (Å²) in [6.07, 6.45) is 1.08. The molecule has 0 aliphatic carbocycles. The van der Waals surface area contributed by atoms with Crippen LogP contribution >= 0.6 is 0 Å². The third-order valence-electron chi connectivity index (χ3n) is 2.21. The molecule has 9 heteroatoms. The summed E-state index contributed by atoms with van der Waals surface area (Å²) in [5, 5.41) is 11.1. The zero-order valence-electron chi connectivity index (χ0n) is 9.63. The van der Waals surface area contributed by atoms with Crippen molar-refractivity contribution in [2.24, 2.45) is 0 Å². The van der Waals surface area contributed by atoms with Crippen LogP contribution in [0.1, 0.15) is 27.9 Å². The van der Waals surface area contributed by atoms with E-state index in [4.69, 9.17) is 5.11 Å². The molecule has 1 amide bonds. The monoisotopic (exact) mass is 275 g/mol. The molecule has 3 N–H and O–H groups in total. The largest absolute Gasteiger partial charge is 0.477 e. The molecule has 0 aliphatic heterocycles. The number of carboxylic acid groups (broad SMARTS) is 1. The molecule has 100 valence electrons. The molecule has 0 saturated carbocycles. The number of aromatic carboxylic acids is 1. The number of carboxylic acids is 1. The Labute approximate surface area is 103 Å². The predicted octanol–water partition coefficient (Wildman–Crippen LogP) is -0.728. The summed E-state index contributed by atoms with van der Waals surface area (Å²) in [5.41, 5.74) is -0.595. The highest BCUT2D eigenvalue weighted by Gasteiger charge is 2.19. The molecule has 0 aliphatic rings. The summed E-state index contributed by atoms with van der Waals surface area (Å²) >= 11 is 0. The standard InChI is InChI=1S/C9H13N3O5S/c1-2-18(16,17)4-3-10-8(13)6-7(9(14)15)12-5-11-6/h5H,2-4H2,1H3,(H,10,13)(H,11,12)(H,14,15).